The van der Waals surface area contributed by atoms with Gasteiger partial charge < -0.3 is 0 Å². The number of ether oxygens (including phenoxy) is 2. The SMILES string of the molecule is O=c1ccn2c(n1)O[C@H]1[C@H](O)[C@@H](COC(c3ccccc3)(c3ccccc3)c3ccccc3)[Se][C@H]12. The van der Waals surface area contributed by atoms with Crippen LogP contribution in [-0.4, -0.2) is 48.4 Å². The minimum atomic E-state index is -0.831. The van der Waals surface area contributed by atoms with Gasteiger partial charge in [0, 0.05) is 0 Å². The molecule has 6 nitrogen and oxygen atoms in total. The van der Waals surface area contributed by atoms with E-state index in [1.807, 2.05) is 59.2 Å². The van der Waals surface area contributed by atoms with Gasteiger partial charge in [0.15, 0.2) is 0 Å². The van der Waals surface area contributed by atoms with Crippen molar-refractivity contribution in [2.45, 2.75) is 27.6 Å². The van der Waals surface area contributed by atoms with Crippen molar-refractivity contribution >= 4 is 15.0 Å². The predicted octanol–water partition coefficient (Wildman–Crippen LogP) is 3.38. The molecular weight excluding hydrogens is 507 g/mol. The van der Waals surface area contributed by atoms with Crippen LogP contribution in [-0.2, 0) is 10.3 Å². The Morgan fingerprint density at radius 2 is 1.43 bits per heavy atom. The van der Waals surface area contributed by atoms with Crippen LogP contribution in [0.4, 0.5) is 0 Å². The molecule has 0 spiro atoms. The van der Waals surface area contributed by atoms with Gasteiger partial charge in [0.25, 0.3) is 0 Å². The van der Waals surface area contributed by atoms with Gasteiger partial charge in [0.2, 0.25) is 0 Å². The summed E-state index contributed by atoms with van der Waals surface area (Å²) in [7, 11) is 0. The first kappa shape index (κ1) is 22.3. The molecule has 3 aromatic carbocycles. The van der Waals surface area contributed by atoms with Crippen molar-refractivity contribution in [3.8, 4) is 6.01 Å². The van der Waals surface area contributed by atoms with Gasteiger partial charge in [-0.1, -0.05) is 0 Å². The molecule has 0 bridgehead atoms. The van der Waals surface area contributed by atoms with E-state index in [0.29, 0.717) is 12.6 Å². The summed E-state index contributed by atoms with van der Waals surface area (Å²) in [5.74, 6) is 0. The van der Waals surface area contributed by atoms with Crippen molar-refractivity contribution in [3.63, 3.8) is 0 Å². The van der Waals surface area contributed by atoms with Crippen molar-refractivity contribution in [1.82, 2.24) is 9.55 Å². The van der Waals surface area contributed by atoms with Crippen LogP contribution < -0.4 is 10.3 Å². The second-order valence-electron chi connectivity index (χ2n) is 8.68. The summed E-state index contributed by atoms with van der Waals surface area (Å²) in [5, 5.41) is 11.2. The number of aliphatic hydroxyl groups excluding tert-OH is 1. The van der Waals surface area contributed by atoms with E-state index in [1.165, 1.54) is 6.07 Å². The van der Waals surface area contributed by atoms with Crippen LogP contribution in [0, 0.1) is 0 Å². The third kappa shape index (κ3) is 3.81. The van der Waals surface area contributed by atoms with Gasteiger partial charge in [-0.25, -0.2) is 0 Å². The van der Waals surface area contributed by atoms with Gasteiger partial charge >= 0.3 is 210 Å². The van der Waals surface area contributed by atoms with Crippen molar-refractivity contribution < 1.29 is 14.6 Å². The molecule has 4 aromatic rings. The fourth-order valence-corrected chi connectivity index (χ4v) is 8.10. The van der Waals surface area contributed by atoms with Crippen LogP contribution in [0.15, 0.2) is 108 Å². The normalized spacial score (nSPS) is 22.9. The molecule has 7 heteroatoms. The van der Waals surface area contributed by atoms with Crippen LogP contribution in [0.5, 0.6) is 6.01 Å². The number of hydrogen-bond donors (Lipinski definition) is 1. The van der Waals surface area contributed by atoms with Gasteiger partial charge in [0.1, 0.15) is 0 Å². The monoisotopic (exact) mass is 532 g/mol. The third-order valence-electron chi connectivity index (χ3n) is 6.64. The van der Waals surface area contributed by atoms with Gasteiger partial charge in [0.05, 0.1) is 0 Å². The Morgan fingerprint density at radius 3 is 1.97 bits per heavy atom. The molecule has 3 heterocycles. The van der Waals surface area contributed by atoms with Crippen LogP contribution in [0.1, 0.15) is 21.6 Å². The van der Waals surface area contributed by atoms with Crippen LogP contribution in [0.3, 0.4) is 0 Å². The average Bonchev–Trinajstić information content (AvgIpc) is 3.41. The summed E-state index contributed by atoms with van der Waals surface area (Å²) in [6.45, 7) is 0.360. The van der Waals surface area contributed by atoms with E-state index < -0.39 is 17.8 Å². The van der Waals surface area contributed by atoms with Crippen LogP contribution in [0.25, 0.3) is 0 Å². The molecule has 0 amide bonds. The maximum absolute atomic E-state index is 11.6. The number of aromatic nitrogens is 2. The number of rotatable bonds is 6. The minimum absolute atomic E-state index is 0.0197. The Morgan fingerprint density at radius 1 is 0.886 bits per heavy atom. The van der Waals surface area contributed by atoms with Crippen molar-refractivity contribution in [3.05, 3.63) is 130 Å². The number of nitrogens with zero attached hydrogens (tertiary/aromatic N) is 2. The molecule has 1 N–H and O–H groups in total. The number of hydrogen-bond acceptors (Lipinski definition) is 5. The Kier molecular flexibility index (Phi) is 5.78. The maximum atomic E-state index is 11.6. The molecule has 0 aliphatic carbocycles. The topological polar surface area (TPSA) is 73.6 Å². The fourth-order valence-electron chi connectivity index (χ4n) is 4.98. The number of fused-ring (bicyclic) bond motifs is 3. The van der Waals surface area contributed by atoms with Gasteiger partial charge in [-0.15, -0.1) is 0 Å². The Labute approximate surface area is 209 Å². The fraction of sp³-hybridized carbons (Fsp3) is 0.214. The molecule has 1 saturated heterocycles. The predicted molar refractivity (Wildman–Crippen MR) is 133 cm³/mol. The van der Waals surface area contributed by atoms with Crippen molar-refractivity contribution in [1.29, 1.82) is 0 Å². The Balaban J connectivity index is 1.37. The molecule has 35 heavy (non-hydrogen) atoms. The average molecular weight is 531 g/mol. The second-order valence-corrected chi connectivity index (χ2v) is 11.5. The van der Waals surface area contributed by atoms with Crippen LogP contribution >= 0.6 is 0 Å². The van der Waals surface area contributed by atoms with Crippen molar-refractivity contribution in [2.75, 3.05) is 6.61 Å². The van der Waals surface area contributed by atoms with E-state index in [2.05, 4.69) is 41.4 Å². The number of benzene rings is 3. The first-order valence-corrected chi connectivity index (χ1v) is 13.5. The molecule has 2 aliphatic rings. The summed E-state index contributed by atoms with van der Waals surface area (Å²) in [6, 6.07) is 32.4. The summed E-state index contributed by atoms with van der Waals surface area (Å²) in [4.78, 5) is 15.5. The first-order valence-electron chi connectivity index (χ1n) is 11.6. The second kappa shape index (κ2) is 9.10. The summed E-state index contributed by atoms with van der Waals surface area (Å²) in [5.41, 5.74) is 1.92. The Bertz CT molecular complexity index is 1270. The molecular formula is C28H24N2O4Se. The summed E-state index contributed by atoms with van der Waals surface area (Å²) >= 11 is -0.0259. The zero-order valence-corrected chi connectivity index (χ0v) is 20.5. The molecule has 0 radical (unpaired) electrons. The molecule has 1 fully saturated rings. The molecule has 4 atom stereocenters. The van der Waals surface area contributed by atoms with Crippen molar-refractivity contribution in [2.24, 2.45) is 0 Å². The molecule has 176 valence electrons. The van der Waals surface area contributed by atoms with E-state index in [0.717, 1.165) is 16.7 Å². The third-order valence-corrected chi connectivity index (χ3v) is 9.87. The zero-order valence-electron chi connectivity index (χ0n) is 18.8. The van der Waals surface area contributed by atoms with E-state index in [9.17, 15) is 9.90 Å². The molecule has 2 aliphatic heterocycles. The molecule has 1 aromatic heterocycles. The van der Waals surface area contributed by atoms with Crippen LogP contribution in [0.2, 0.25) is 4.82 Å². The van der Waals surface area contributed by atoms with Gasteiger partial charge in [-0.3, -0.25) is 0 Å². The zero-order chi connectivity index (χ0) is 23.8. The standard InChI is InChI=1S/C28H24N2O4Se/c31-23-16-17-30-26-25(34-27(30)29-23)24(32)22(35-26)18-33-28(19-10-4-1-5-11-19,20-12-6-2-7-13-20)21-14-8-3-9-15-21/h1-17,22,24-26,32H,18H2/t22-,24-,25+,26-/m1/s1. The van der Waals surface area contributed by atoms with E-state index >= 15 is 0 Å². The van der Waals surface area contributed by atoms with E-state index in [-0.39, 0.29) is 30.3 Å². The quantitative estimate of drug-likeness (QED) is 0.305. The van der Waals surface area contributed by atoms with Gasteiger partial charge in [-0.2, -0.15) is 0 Å². The molecule has 6 rings (SSSR count). The summed E-state index contributed by atoms with van der Waals surface area (Å²) < 4.78 is 14.7. The van der Waals surface area contributed by atoms with E-state index in [4.69, 9.17) is 9.47 Å². The summed E-state index contributed by atoms with van der Waals surface area (Å²) in [6.07, 6.45) is 0.587. The molecule has 0 saturated carbocycles. The Hall–Kier alpha value is -3.22. The van der Waals surface area contributed by atoms with Gasteiger partial charge in [-0.05, 0) is 0 Å². The first-order chi connectivity index (χ1) is 17.2. The molecule has 0 unspecified atom stereocenters. The van der Waals surface area contributed by atoms with E-state index in [1.54, 1.807) is 6.20 Å². The number of aliphatic hydroxyl groups is 1.